The maximum absolute atomic E-state index is 10.9. The molecule has 0 atom stereocenters. The molecule has 1 aromatic rings. The number of alkyl halides is 1. The highest BCUT2D eigenvalue weighted by molar-refractivity contribution is 9.09. The Labute approximate surface area is 96.9 Å². The number of hydrogen-bond acceptors (Lipinski definition) is 5. The second-order valence-corrected chi connectivity index (χ2v) is 5.88. The van der Waals surface area contributed by atoms with Crippen LogP contribution in [0.2, 0.25) is 0 Å². The molecule has 1 rings (SSSR count). The summed E-state index contributed by atoms with van der Waals surface area (Å²) in [5, 5.41) is 0.720. The first-order valence-electron chi connectivity index (χ1n) is 4.18. The van der Waals surface area contributed by atoms with Gasteiger partial charge in [0.2, 0.25) is 0 Å². The van der Waals surface area contributed by atoms with E-state index in [1.165, 1.54) is 12.4 Å². The summed E-state index contributed by atoms with van der Waals surface area (Å²) in [5.74, 6) is 0.668. The molecule has 1 heterocycles. The van der Waals surface area contributed by atoms with Crippen molar-refractivity contribution in [2.75, 3.05) is 18.2 Å². The Hall–Kier alpha value is -0.690. The molecule has 0 aliphatic carbocycles. The minimum Gasteiger partial charge on any atom is -0.489 e. The average Bonchev–Trinajstić information content (AvgIpc) is 2.14. The highest BCUT2D eigenvalue weighted by Gasteiger charge is 2.06. The van der Waals surface area contributed by atoms with Crippen LogP contribution in [0.4, 0.5) is 0 Å². The molecule has 0 N–H and O–H groups in total. The molecule has 0 aliphatic heterocycles. The molecule has 0 radical (unpaired) electrons. The summed E-state index contributed by atoms with van der Waals surface area (Å²) in [6.07, 6.45) is 4.08. The van der Waals surface area contributed by atoms with Crippen LogP contribution >= 0.6 is 15.9 Å². The first-order chi connectivity index (χ1) is 7.01. The van der Waals surface area contributed by atoms with Crippen molar-refractivity contribution >= 4 is 25.8 Å². The van der Waals surface area contributed by atoms with Gasteiger partial charge in [0.1, 0.15) is 11.6 Å². The van der Waals surface area contributed by atoms with E-state index < -0.39 is 9.84 Å². The molecule has 15 heavy (non-hydrogen) atoms. The van der Waals surface area contributed by atoms with Gasteiger partial charge in [-0.15, -0.1) is 0 Å². The van der Waals surface area contributed by atoms with Gasteiger partial charge in [-0.1, -0.05) is 15.9 Å². The van der Waals surface area contributed by atoms with E-state index in [1.807, 2.05) is 0 Å². The summed E-state index contributed by atoms with van der Waals surface area (Å²) >= 11 is 3.22. The van der Waals surface area contributed by atoms with Gasteiger partial charge in [0, 0.05) is 11.6 Å². The van der Waals surface area contributed by atoms with Gasteiger partial charge in [0.25, 0.3) is 0 Å². The van der Waals surface area contributed by atoms with Crippen LogP contribution in [0.25, 0.3) is 0 Å². The summed E-state index contributed by atoms with van der Waals surface area (Å²) in [7, 11) is -3.08. The standard InChI is InChI=1S/C8H11BrN2O3S/c1-15(12,13)6-8-10-4-7(5-11-8)14-3-2-9/h4-5H,2-3,6H2,1H3. The summed E-state index contributed by atoms with van der Waals surface area (Å²) in [4.78, 5) is 7.77. The fraction of sp³-hybridized carbons (Fsp3) is 0.500. The molecule has 84 valence electrons. The topological polar surface area (TPSA) is 69.2 Å². The second kappa shape index (κ2) is 5.41. The van der Waals surface area contributed by atoms with E-state index in [4.69, 9.17) is 4.74 Å². The van der Waals surface area contributed by atoms with E-state index in [0.29, 0.717) is 12.4 Å². The van der Waals surface area contributed by atoms with Crippen LogP contribution in [0.1, 0.15) is 5.82 Å². The molecule has 7 heteroatoms. The Morgan fingerprint density at radius 1 is 1.40 bits per heavy atom. The number of halogens is 1. The molecule has 0 unspecified atom stereocenters. The van der Waals surface area contributed by atoms with Gasteiger partial charge in [0.05, 0.1) is 19.0 Å². The zero-order chi connectivity index (χ0) is 11.3. The lowest BCUT2D eigenvalue weighted by atomic mass is 10.5. The maximum atomic E-state index is 10.9. The average molecular weight is 295 g/mol. The van der Waals surface area contributed by atoms with Gasteiger partial charge in [-0.25, -0.2) is 18.4 Å². The number of rotatable bonds is 5. The fourth-order valence-corrected chi connectivity index (χ4v) is 1.66. The molecule has 0 aliphatic rings. The Bertz CT molecular complexity index is 404. The summed E-state index contributed by atoms with van der Waals surface area (Å²) in [6, 6.07) is 0. The van der Waals surface area contributed by atoms with E-state index in [2.05, 4.69) is 25.9 Å². The Morgan fingerprint density at radius 2 is 2.00 bits per heavy atom. The van der Waals surface area contributed by atoms with Crippen molar-refractivity contribution in [1.82, 2.24) is 9.97 Å². The van der Waals surface area contributed by atoms with Crippen LogP contribution in [0.15, 0.2) is 12.4 Å². The van der Waals surface area contributed by atoms with Gasteiger partial charge in [-0.05, 0) is 0 Å². The van der Waals surface area contributed by atoms with E-state index in [0.717, 1.165) is 11.6 Å². The molecular formula is C8H11BrN2O3S. The zero-order valence-electron chi connectivity index (χ0n) is 8.18. The lowest BCUT2D eigenvalue weighted by Gasteiger charge is -2.03. The lowest BCUT2D eigenvalue weighted by molar-refractivity contribution is 0.341. The van der Waals surface area contributed by atoms with Crippen molar-refractivity contribution in [3.05, 3.63) is 18.2 Å². The molecule has 0 aromatic carbocycles. The smallest absolute Gasteiger partial charge is 0.155 e. The molecule has 0 saturated heterocycles. The minimum absolute atomic E-state index is 0.147. The van der Waals surface area contributed by atoms with Crippen LogP contribution in [0, 0.1) is 0 Å². The number of aromatic nitrogens is 2. The summed E-state index contributed by atoms with van der Waals surface area (Å²) < 4.78 is 27.1. The third-order valence-electron chi connectivity index (χ3n) is 1.42. The van der Waals surface area contributed by atoms with Gasteiger partial charge in [-0.3, -0.25) is 0 Å². The highest BCUT2D eigenvalue weighted by atomic mass is 79.9. The van der Waals surface area contributed by atoms with Crippen LogP contribution in [0.5, 0.6) is 5.75 Å². The third kappa shape index (κ3) is 5.08. The van der Waals surface area contributed by atoms with Crippen LogP contribution in [0.3, 0.4) is 0 Å². The van der Waals surface area contributed by atoms with E-state index in [1.54, 1.807) is 0 Å². The zero-order valence-corrected chi connectivity index (χ0v) is 10.6. The quantitative estimate of drug-likeness (QED) is 0.751. The van der Waals surface area contributed by atoms with Crippen molar-refractivity contribution in [2.24, 2.45) is 0 Å². The SMILES string of the molecule is CS(=O)(=O)Cc1ncc(OCCBr)cn1. The predicted molar refractivity (Wildman–Crippen MR) is 59.9 cm³/mol. The van der Waals surface area contributed by atoms with Crippen LogP contribution in [-0.4, -0.2) is 36.6 Å². The van der Waals surface area contributed by atoms with Crippen LogP contribution in [-0.2, 0) is 15.6 Å². The minimum atomic E-state index is -3.08. The van der Waals surface area contributed by atoms with Gasteiger partial charge < -0.3 is 4.74 Å². The number of sulfone groups is 1. The fourth-order valence-electron chi connectivity index (χ4n) is 0.883. The largest absolute Gasteiger partial charge is 0.489 e. The van der Waals surface area contributed by atoms with E-state index in [9.17, 15) is 8.42 Å². The number of ether oxygens (including phenoxy) is 1. The van der Waals surface area contributed by atoms with Gasteiger partial charge >= 0.3 is 0 Å². The van der Waals surface area contributed by atoms with Gasteiger partial charge in [0.15, 0.2) is 15.6 Å². The Balaban J connectivity index is 2.64. The summed E-state index contributed by atoms with van der Waals surface area (Å²) in [6.45, 7) is 0.523. The van der Waals surface area contributed by atoms with Crippen molar-refractivity contribution in [3.63, 3.8) is 0 Å². The second-order valence-electron chi connectivity index (χ2n) is 2.94. The normalized spacial score (nSPS) is 11.3. The molecular weight excluding hydrogens is 284 g/mol. The highest BCUT2D eigenvalue weighted by Crippen LogP contribution is 2.07. The first-order valence-corrected chi connectivity index (χ1v) is 7.37. The maximum Gasteiger partial charge on any atom is 0.155 e. The predicted octanol–water partition coefficient (Wildman–Crippen LogP) is 0.795. The molecule has 0 spiro atoms. The van der Waals surface area contributed by atoms with Crippen molar-refractivity contribution in [1.29, 1.82) is 0 Å². The molecule has 0 amide bonds. The van der Waals surface area contributed by atoms with Gasteiger partial charge in [-0.2, -0.15) is 0 Å². The van der Waals surface area contributed by atoms with Crippen molar-refractivity contribution in [2.45, 2.75) is 5.75 Å². The van der Waals surface area contributed by atoms with E-state index in [-0.39, 0.29) is 11.6 Å². The first kappa shape index (κ1) is 12.4. The molecule has 0 bridgehead atoms. The third-order valence-corrected chi connectivity index (χ3v) is 2.53. The Morgan fingerprint density at radius 3 is 2.47 bits per heavy atom. The molecule has 0 fully saturated rings. The number of nitrogens with zero attached hydrogens (tertiary/aromatic N) is 2. The molecule has 5 nitrogen and oxygen atoms in total. The van der Waals surface area contributed by atoms with Crippen molar-refractivity contribution < 1.29 is 13.2 Å². The van der Waals surface area contributed by atoms with E-state index >= 15 is 0 Å². The Kier molecular flexibility index (Phi) is 4.46. The summed E-state index contributed by atoms with van der Waals surface area (Å²) in [5.41, 5.74) is 0. The monoisotopic (exact) mass is 294 g/mol. The van der Waals surface area contributed by atoms with Crippen molar-refractivity contribution in [3.8, 4) is 5.75 Å². The van der Waals surface area contributed by atoms with Crippen LogP contribution < -0.4 is 4.74 Å². The number of hydrogen-bond donors (Lipinski definition) is 0. The molecule has 1 aromatic heterocycles. The molecule has 0 saturated carbocycles. The lowest BCUT2D eigenvalue weighted by Crippen LogP contribution is -2.06.